The van der Waals surface area contributed by atoms with Gasteiger partial charge < -0.3 is 16.8 Å². The lowest BCUT2D eigenvalue weighted by Crippen LogP contribution is -2.21. The minimum atomic E-state index is -0.197. The molecule has 0 aliphatic carbocycles. The van der Waals surface area contributed by atoms with Crippen LogP contribution in [0.1, 0.15) is 6.42 Å². The number of aliphatic imine (C=N–C) groups is 1. The maximum absolute atomic E-state index is 7.64. The molecule has 0 fully saturated rings. The first-order valence-corrected chi connectivity index (χ1v) is 3.61. The summed E-state index contributed by atoms with van der Waals surface area (Å²) in [5.74, 6) is -0.197. The number of nitrogens with one attached hydrogen (secondary N) is 1. The van der Waals surface area contributed by atoms with E-state index in [1.54, 1.807) is 0 Å². The molecule has 0 aromatic heterocycles. The van der Waals surface area contributed by atoms with Crippen LogP contribution in [0, 0.1) is 11.5 Å². The highest BCUT2D eigenvalue weighted by atomic mass is 15.0. The van der Waals surface area contributed by atoms with Gasteiger partial charge in [0, 0.05) is 6.54 Å². The predicted molar refractivity (Wildman–Crippen MR) is 48.0 cm³/mol. The summed E-state index contributed by atoms with van der Waals surface area (Å²) in [5.41, 5.74) is 9.42. The van der Waals surface area contributed by atoms with Crippen LogP contribution in [0.25, 0.3) is 0 Å². The molecule has 1 aliphatic heterocycles. The van der Waals surface area contributed by atoms with Gasteiger partial charge in [-0.05, 0) is 13.0 Å². The molecule has 5 nitrogen and oxygen atoms in total. The van der Waals surface area contributed by atoms with E-state index < -0.39 is 0 Å². The number of guanidine groups is 1. The molecule has 0 atom stereocenters. The van der Waals surface area contributed by atoms with Crippen molar-refractivity contribution in [3.63, 3.8) is 0 Å². The van der Waals surface area contributed by atoms with Crippen molar-refractivity contribution in [3.05, 3.63) is 12.2 Å². The summed E-state index contributed by atoms with van der Waals surface area (Å²) < 4.78 is 0. The van der Waals surface area contributed by atoms with Gasteiger partial charge in [-0.2, -0.15) is 5.26 Å². The minimum Gasteiger partial charge on any atom is -0.369 e. The van der Waals surface area contributed by atoms with Crippen molar-refractivity contribution < 1.29 is 0 Å². The number of nitriles is 1. The van der Waals surface area contributed by atoms with Crippen molar-refractivity contribution in [2.75, 3.05) is 13.1 Å². The summed E-state index contributed by atoms with van der Waals surface area (Å²) in [7, 11) is 0. The molecule has 1 rings (SSSR count). The number of nitrogens with zero attached hydrogens (tertiary/aromatic N) is 2. The zero-order valence-electron chi connectivity index (χ0n) is 6.83. The van der Waals surface area contributed by atoms with E-state index in [1.807, 2.05) is 0 Å². The van der Waals surface area contributed by atoms with Gasteiger partial charge in [0.25, 0.3) is 0 Å². The molecule has 0 radical (unpaired) electrons. The fourth-order valence-electron chi connectivity index (χ4n) is 0.630. The van der Waals surface area contributed by atoms with Crippen LogP contribution in [0.15, 0.2) is 17.1 Å². The Kier molecular flexibility index (Phi) is 6.59. The maximum atomic E-state index is 7.64. The van der Waals surface area contributed by atoms with Crippen molar-refractivity contribution in [1.29, 1.82) is 5.26 Å². The zero-order valence-corrected chi connectivity index (χ0v) is 6.83. The Morgan fingerprint density at radius 2 is 2.25 bits per heavy atom. The van der Waals surface area contributed by atoms with Crippen molar-refractivity contribution in [1.82, 2.24) is 5.32 Å². The van der Waals surface area contributed by atoms with Gasteiger partial charge in [-0.25, -0.2) is 0 Å². The second kappa shape index (κ2) is 7.57. The number of rotatable bonds is 0. The Morgan fingerprint density at radius 1 is 1.50 bits per heavy atom. The molecule has 0 spiro atoms. The van der Waals surface area contributed by atoms with Crippen molar-refractivity contribution in [2.45, 2.75) is 6.42 Å². The number of hydrogen-bond acceptors (Lipinski definition) is 3. The van der Waals surface area contributed by atoms with Gasteiger partial charge in [-0.15, -0.1) is 4.99 Å². The van der Waals surface area contributed by atoms with E-state index in [2.05, 4.69) is 22.5 Å². The molecule has 0 aromatic carbocycles. The highest BCUT2D eigenvalue weighted by molar-refractivity contribution is 5.76. The average Bonchev–Trinajstić information content (AvgIpc) is 2.08. The van der Waals surface area contributed by atoms with E-state index in [-0.39, 0.29) is 5.96 Å². The molecule has 1 aliphatic rings. The van der Waals surface area contributed by atoms with Crippen molar-refractivity contribution >= 4 is 5.96 Å². The smallest absolute Gasteiger partial charge is 0.209 e. The van der Waals surface area contributed by atoms with E-state index in [0.717, 1.165) is 13.1 Å². The van der Waals surface area contributed by atoms with Crippen LogP contribution in [-0.2, 0) is 0 Å². The summed E-state index contributed by atoms with van der Waals surface area (Å²) in [5, 5.41) is 10.8. The van der Waals surface area contributed by atoms with Gasteiger partial charge in [0.05, 0.1) is 0 Å². The summed E-state index contributed by atoms with van der Waals surface area (Å²) in [6, 6.07) is 0. The summed E-state index contributed by atoms with van der Waals surface area (Å²) >= 11 is 0. The lowest BCUT2D eigenvalue weighted by Gasteiger charge is -2.01. The Bertz CT molecular complexity index is 188. The third-order valence-corrected chi connectivity index (χ3v) is 1.10. The Balaban J connectivity index is 0.000000202. The predicted octanol–water partition coefficient (Wildman–Crippen LogP) is -0.723. The van der Waals surface area contributed by atoms with Gasteiger partial charge in [-0.3, -0.25) is 0 Å². The summed E-state index contributed by atoms with van der Waals surface area (Å²) in [6.45, 7) is 2.23. The second-order valence-electron chi connectivity index (χ2n) is 2.10. The molecule has 0 saturated carbocycles. The van der Waals surface area contributed by atoms with Crippen LogP contribution < -0.4 is 16.8 Å². The molecule has 66 valence electrons. The summed E-state index contributed by atoms with van der Waals surface area (Å²) in [6.07, 6.45) is 6.97. The van der Waals surface area contributed by atoms with Crippen LogP contribution in [-0.4, -0.2) is 19.0 Å². The monoisotopic (exact) mass is 167 g/mol. The van der Waals surface area contributed by atoms with Crippen LogP contribution in [0.3, 0.4) is 0 Å². The molecule has 1 heterocycles. The van der Waals surface area contributed by atoms with Gasteiger partial charge in [0.2, 0.25) is 12.2 Å². The lowest BCUT2D eigenvalue weighted by molar-refractivity contribution is 0.728. The molecular formula is C7H13N5. The van der Waals surface area contributed by atoms with Crippen LogP contribution >= 0.6 is 0 Å². The molecular weight excluding hydrogens is 154 g/mol. The molecule has 5 N–H and O–H groups in total. The zero-order chi connectivity index (χ0) is 9.23. The van der Waals surface area contributed by atoms with Crippen molar-refractivity contribution in [2.24, 2.45) is 16.5 Å². The lowest BCUT2D eigenvalue weighted by atomic mass is 10.3. The highest BCUT2D eigenvalue weighted by Crippen LogP contribution is 1.84. The highest BCUT2D eigenvalue weighted by Gasteiger charge is 1.84. The van der Waals surface area contributed by atoms with Gasteiger partial charge >= 0.3 is 0 Å². The molecule has 0 unspecified atom stereocenters. The number of hydrogen-bond donors (Lipinski definition) is 3. The number of nitrogens with two attached hydrogens (primary N) is 2. The fourth-order valence-corrected chi connectivity index (χ4v) is 0.630. The Morgan fingerprint density at radius 3 is 2.33 bits per heavy atom. The molecule has 0 aromatic rings. The first-order chi connectivity index (χ1) is 5.77. The van der Waals surface area contributed by atoms with Crippen LogP contribution in [0.5, 0.6) is 0 Å². The van der Waals surface area contributed by atoms with E-state index in [9.17, 15) is 0 Å². The first kappa shape index (κ1) is 10.5. The average molecular weight is 167 g/mol. The normalized spacial score (nSPS) is 13.6. The molecule has 0 bridgehead atoms. The topological polar surface area (TPSA) is 100 Å². The Labute approximate surface area is 71.8 Å². The fraction of sp³-hybridized carbons (Fsp3) is 0.429. The molecule has 12 heavy (non-hydrogen) atoms. The van der Waals surface area contributed by atoms with E-state index in [4.69, 9.17) is 16.7 Å². The minimum absolute atomic E-state index is 0.197. The van der Waals surface area contributed by atoms with E-state index >= 15 is 0 Å². The SMILES string of the molecule is C1=CCNCC1.N#CN=C(N)N. The van der Waals surface area contributed by atoms with Gasteiger partial charge in [-0.1, -0.05) is 12.2 Å². The third kappa shape index (κ3) is 8.46. The third-order valence-electron chi connectivity index (χ3n) is 1.10. The largest absolute Gasteiger partial charge is 0.369 e. The van der Waals surface area contributed by atoms with Gasteiger partial charge in [0.1, 0.15) is 0 Å². The summed E-state index contributed by atoms with van der Waals surface area (Å²) in [4.78, 5) is 2.90. The Hall–Kier alpha value is -1.54. The molecule has 0 saturated heterocycles. The van der Waals surface area contributed by atoms with Crippen LogP contribution in [0.2, 0.25) is 0 Å². The molecule has 5 heteroatoms. The van der Waals surface area contributed by atoms with Crippen molar-refractivity contribution in [3.8, 4) is 6.19 Å². The van der Waals surface area contributed by atoms with E-state index in [0.29, 0.717) is 0 Å². The standard InChI is InChI=1S/C5H9N.C2H4N4/c1-2-4-6-5-3-1;3-1-6-2(4)5/h1-2,6H,3-5H2;(H4,4,5,6). The quantitative estimate of drug-likeness (QED) is 0.192. The maximum Gasteiger partial charge on any atom is 0.209 e. The molecule has 0 amide bonds. The van der Waals surface area contributed by atoms with Crippen LogP contribution in [0.4, 0.5) is 0 Å². The van der Waals surface area contributed by atoms with Gasteiger partial charge in [0.15, 0.2) is 0 Å². The second-order valence-corrected chi connectivity index (χ2v) is 2.10. The van der Waals surface area contributed by atoms with E-state index in [1.165, 1.54) is 12.6 Å². The first-order valence-electron chi connectivity index (χ1n) is 3.61.